The normalized spacial score (nSPS) is 18.3. The van der Waals surface area contributed by atoms with Gasteiger partial charge in [-0.25, -0.2) is 18.0 Å². The first kappa shape index (κ1) is 29.2. The summed E-state index contributed by atoms with van der Waals surface area (Å²) in [6, 6.07) is 19.6. The van der Waals surface area contributed by atoms with E-state index in [4.69, 9.17) is 10.5 Å². The van der Waals surface area contributed by atoms with Crippen molar-refractivity contribution in [1.29, 1.82) is 0 Å². The molecule has 0 unspecified atom stereocenters. The van der Waals surface area contributed by atoms with E-state index < -0.39 is 52.3 Å². The minimum atomic E-state index is -1.65. The maximum atomic E-state index is 14.4. The first-order valence-electron chi connectivity index (χ1n) is 12.9. The van der Waals surface area contributed by atoms with E-state index in [9.17, 15) is 27.6 Å². The van der Waals surface area contributed by atoms with Crippen molar-refractivity contribution in [3.63, 3.8) is 0 Å². The van der Waals surface area contributed by atoms with Crippen molar-refractivity contribution in [2.45, 2.75) is 21.7 Å². The van der Waals surface area contributed by atoms with Gasteiger partial charge in [-0.2, -0.15) is 0 Å². The molecule has 6 rings (SSSR count). The number of nitrogens with two attached hydrogens (primary N) is 1. The van der Waals surface area contributed by atoms with E-state index in [1.807, 2.05) is 60.7 Å². The van der Waals surface area contributed by atoms with Crippen LogP contribution in [0.2, 0.25) is 0 Å². The van der Waals surface area contributed by atoms with Crippen LogP contribution in [0.25, 0.3) is 10.1 Å². The highest BCUT2D eigenvalue weighted by Crippen LogP contribution is 2.41. The van der Waals surface area contributed by atoms with Crippen molar-refractivity contribution in [2.24, 2.45) is 5.73 Å². The summed E-state index contributed by atoms with van der Waals surface area (Å²) in [5.74, 6) is -5.28. The fourth-order valence-corrected chi connectivity index (χ4v) is 8.05. The second kappa shape index (κ2) is 12.0. The molecule has 0 aliphatic carbocycles. The van der Waals surface area contributed by atoms with Gasteiger partial charge in [0.25, 0.3) is 0 Å². The summed E-state index contributed by atoms with van der Waals surface area (Å²) >= 11 is 3.23. The third kappa shape index (κ3) is 5.51. The van der Waals surface area contributed by atoms with E-state index in [1.165, 1.54) is 22.7 Å². The summed E-state index contributed by atoms with van der Waals surface area (Å²) in [7, 11) is 0. The quantitative estimate of drug-likeness (QED) is 0.113. The number of hydrogen-bond donors (Lipinski definition) is 1. The summed E-state index contributed by atoms with van der Waals surface area (Å²) < 4.78 is 47.9. The highest BCUT2D eigenvalue weighted by molar-refractivity contribution is 8.04. The zero-order valence-electron chi connectivity index (χ0n) is 22.0. The molecule has 0 spiro atoms. The lowest BCUT2D eigenvalue weighted by molar-refractivity contribution is -0.153. The van der Waals surface area contributed by atoms with Gasteiger partial charge in [-0.05, 0) is 34.3 Å². The molecule has 2 atom stereocenters. The lowest BCUT2D eigenvalue weighted by Gasteiger charge is -2.48. The SMILES string of the molecule is N[C@@H]1C(=O)N2C(C(=O)OC(c3ccccc3)c3ccccc3)=C(C=CSc3cc(=O)c4cc(F)c(F)c(F)c4s3)CS[C@H]12. The number of hydrogen-bond acceptors (Lipinski definition) is 8. The van der Waals surface area contributed by atoms with Crippen LogP contribution in [0.15, 0.2) is 105 Å². The largest absolute Gasteiger partial charge is 0.448 e. The van der Waals surface area contributed by atoms with E-state index in [0.29, 0.717) is 21.6 Å². The van der Waals surface area contributed by atoms with Crippen LogP contribution in [0.4, 0.5) is 13.2 Å². The average Bonchev–Trinajstić information content (AvgIpc) is 3.03. The van der Waals surface area contributed by atoms with Crippen molar-refractivity contribution in [3.8, 4) is 0 Å². The fourth-order valence-electron chi connectivity index (χ4n) is 4.82. The maximum Gasteiger partial charge on any atom is 0.356 e. The van der Waals surface area contributed by atoms with Crippen LogP contribution in [0.3, 0.4) is 0 Å². The van der Waals surface area contributed by atoms with Gasteiger partial charge >= 0.3 is 5.97 Å². The number of thioether (sulfide) groups is 2. The summed E-state index contributed by atoms with van der Waals surface area (Å²) in [5, 5.41) is 0.904. The molecule has 3 aromatic carbocycles. The molecule has 1 fully saturated rings. The molecule has 0 bridgehead atoms. The van der Waals surface area contributed by atoms with E-state index in [2.05, 4.69) is 0 Å². The molecule has 3 heterocycles. The zero-order valence-corrected chi connectivity index (χ0v) is 24.5. The van der Waals surface area contributed by atoms with Crippen LogP contribution in [-0.4, -0.2) is 33.9 Å². The van der Waals surface area contributed by atoms with Crippen LogP contribution in [0.5, 0.6) is 0 Å². The first-order chi connectivity index (χ1) is 20.7. The predicted molar refractivity (Wildman–Crippen MR) is 162 cm³/mol. The van der Waals surface area contributed by atoms with Crippen LogP contribution in [-0.2, 0) is 14.3 Å². The third-order valence-electron chi connectivity index (χ3n) is 6.95. The van der Waals surface area contributed by atoms with Crippen molar-refractivity contribution in [2.75, 3.05) is 5.75 Å². The van der Waals surface area contributed by atoms with Gasteiger partial charge in [0.2, 0.25) is 5.91 Å². The zero-order chi connectivity index (χ0) is 30.2. The predicted octanol–water partition coefficient (Wildman–Crippen LogP) is 6.11. The minimum Gasteiger partial charge on any atom is -0.448 e. The van der Waals surface area contributed by atoms with Crippen LogP contribution < -0.4 is 11.2 Å². The minimum absolute atomic E-state index is 0.0689. The van der Waals surface area contributed by atoms with Gasteiger partial charge in [0, 0.05) is 17.2 Å². The lowest BCUT2D eigenvalue weighted by Crippen LogP contribution is -2.68. The fraction of sp³-hybridized carbons (Fsp3) is 0.129. The molecule has 0 radical (unpaired) electrons. The molecule has 0 saturated carbocycles. The van der Waals surface area contributed by atoms with E-state index >= 15 is 0 Å². The smallest absolute Gasteiger partial charge is 0.356 e. The van der Waals surface area contributed by atoms with E-state index in [-0.39, 0.29) is 15.8 Å². The Hall–Kier alpha value is -3.84. The number of carbonyl (C=O) groups is 2. The molecule has 2 aliphatic rings. The molecule has 1 amide bonds. The Kier molecular flexibility index (Phi) is 8.19. The highest BCUT2D eigenvalue weighted by Gasteiger charge is 2.52. The summed E-state index contributed by atoms with van der Waals surface area (Å²) in [4.78, 5) is 40.5. The highest BCUT2D eigenvalue weighted by atomic mass is 32.2. The molecule has 1 aromatic heterocycles. The first-order valence-corrected chi connectivity index (χ1v) is 15.7. The molecule has 4 aromatic rings. The van der Waals surface area contributed by atoms with Gasteiger partial charge in [0.05, 0.1) is 8.91 Å². The van der Waals surface area contributed by atoms with Gasteiger partial charge in [0.1, 0.15) is 17.1 Å². The molecular formula is C31H21F3N2O4S3. The van der Waals surface area contributed by atoms with Crippen molar-refractivity contribution >= 4 is 56.8 Å². The Morgan fingerprint density at radius 2 is 1.65 bits per heavy atom. The number of carbonyl (C=O) groups excluding carboxylic acids is 2. The van der Waals surface area contributed by atoms with Crippen LogP contribution in [0, 0.1) is 17.5 Å². The van der Waals surface area contributed by atoms with Gasteiger partial charge in [-0.15, -0.1) is 23.1 Å². The third-order valence-corrected chi connectivity index (χ3v) is 10.4. The number of nitrogens with zero attached hydrogens (tertiary/aromatic N) is 1. The van der Waals surface area contributed by atoms with Crippen LogP contribution >= 0.6 is 34.9 Å². The van der Waals surface area contributed by atoms with Gasteiger partial charge in [-0.3, -0.25) is 14.5 Å². The Morgan fingerprint density at radius 1 is 1.00 bits per heavy atom. The second-order valence-corrected chi connectivity index (χ2v) is 13.0. The van der Waals surface area contributed by atoms with E-state index in [1.54, 1.807) is 11.5 Å². The number of allylic oxidation sites excluding steroid dienone is 1. The summed E-state index contributed by atoms with van der Waals surface area (Å²) in [5.41, 5.74) is 7.42. The molecule has 43 heavy (non-hydrogen) atoms. The summed E-state index contributed by atoms with van der Waals surface area (Å²) in [6.07, 6.45) is 0.875. The molecule has 12 heteroatoms. The van der Waals surface area contributed by atoms with Crippen LogP contribution in [0.1, 0.15) is 17.2 Å². The number of halogens is 3. The van der Waals surface area contributed by atoms with Gasteiger partial charge in [-0.1, -0.05) is 72.4 Å². The number of amides is 1. The number of ether oxygens (including phenoxy) is 1. The number of benzene rings is 3. The average molecular weight is 639 g/mol. The Bertz CT molecular complexity index is 1830. The molecule has 218 valence electrons. The van der Waals surface area contributed by atoms with Gasteiger partial charge in [0.15, 0.2) is 29.0 Å². The Balaban J connectivity index is 1.33. The van der Waals surface area contributed by atoms with E-state index in [0.717, 1.165) is 34.2 Å². The Labute approximate surface area is 256 Å². The number of fused-ring (bicyclic) bond motifs is 2. The number of rotatable bonds is 7. The molecule has 2 aliphatic heterocycles. The maximum absolute atomic E-state index is 14.4. The second-order valence-electron chi connectivity index (χ2n) is 9.63. The molecule has 1 saturated heterocycles. The number of β-lactam (4-membered cyclic amide) rings is 1. The standard InChI is InChI=1S/C31H21F3N2O4S3/c32-20-13-19-21(37)14-22(43-28(19)24(34)23(20)33)41-12-11-18-15-42-30-25(35)29(38)36(30)26(18)31(39)40-27(16-7-3-1-4-8-16)17-9-5-2-6-10-17/h1-14,25,27,30H,15,35H2/t25-,30-/m1/s1. The molecule has 2 N–H and O–H groups in total. The topological polar surface area (TPSA) is 89.7 Å². The number of esters is 1. The lowest BCUT2D eigenvalue weighted by atomic mass is 10.0. The van der Waals surface area contributed by atoms with Crippen molar-refractivity contribution in [1.82, 2.24) is 4.90 Å². The summed E-state index contributed by atoms with van der Waals surface area (Å²) in [6.45, 7) is 0. The van der Waals surface area contributed by atoms with Crippen molar-refractivity contribution in [3.05, 3.63) is 134 Å². The monoisotopic (exact) mass is 638 g/mol. The van der Waals surface area contributed by atoms with Gasteiger partial charge < -0.3 is 10.5 Å². The molecular weight excluding hydrogens is 618 g/mol. The Morgan fingerprint density at radius 3 is 2.30 bits per heavy atom. The molecule has 6 nitrogen and oxygen atoms in total. The van der Waals surface area contributed by atoms with Crippen molar-refractivity contribution < 1.29 is 27.5 Å².